The second kappa shape index (κ2) is 7.23. The summed E-state index contributed by atoms with van der Waals surface area (Å²) in [6.07, 6.45) is 3.44. The van der Waals surface area contributed by atoms with Crippen LogP contribution in [0.15, 0.2) is 67.1 Å². The quantitative estimate of drug-likeness (QED) is 0.446. The molecule has 0 aliphatic carbocycles. The maximum atomic E-state index is 5.80. The fourth-order valence-corrected chi connectivity index (χ4v) is 3.19. The number of methoxy groups -OCH3 is 1. The van der Waals surface area contributed by atoms with Gasteiger partial charge in [0.1, 0.15) is 24.4 Å². The topological polar surface area (TPSA) is 79.4 Å². The summed E-state index contributed by atoms with van der Waals surface area (Å²) < 4.78 is 14.5. The Morgan fingerprint density at radius 1 is 0.966 bits per heavy atom. The second-order valence-corrected chi connectivity index (χ2v) is 6.53. The van der Waals surface area contributed by atoms with Crippen molar-refractivity contribution in [2.75, 3.05) is 7.11 Å². The van der Waals surface area contributed by atoms with E-state index in [2.05, 4.69) is 32.3 Å². The van der Waals surface area contributed by atoms with Gasteiger partial charge in [0, 0.05) is 6.07 Å². The fraction of sp³-hybridized carbons (Fsp3) is 0.143. The summed E-state index contributed by atoms with van der Waals surface area (Å²) >= 11 is 0. The summed E-state index contributed by atoms with van der Waals surface area (Å²) in [5.41, 5.74) is 2.64. The van der Waals surface area contributed by atoms with Crippen LogP contribution in [0.2, 0.25) is 0 Å². The number of nitrogens with zero attached hydrogens (tertiary/aromatic N) is 6. The molecule has 0 aliphatic rings. The third-order valence-corrected chi connectivity index (χ3v) is 4.60. The van der Waals surface area contributed by atoms with Gasteiger partial charge in [-0.3, -0.25) is 0 Å². The van der Waals surface area contributed by atoms with Crippen LogP contribution >= 0.6 is 0 Å². The molecule has 8 heteroatoms. The Labute approximate surface area is 166 Å². The van der Waals surface area contributed by atoms with Crippen molar-refractivity contribution >= 4 is 16.7 Å². The van der Waals surface area contributed by atoms with Crippen LogP contribution in [-0.4, -0.2) is 36.5 Å². The van der Waals surface area contributed by atoms with Crippen molar-refractivity contribution in [1.82, 2.24) is 29.4 Å². The summed E-state index contributed by atoms with van der Waals surface area (Å²) in [5.74, 6) is 2.00. The van der Waals surface area contributed by atoms with Crippen LogP contribution in [0.1, 0.15) is 11.4 Å². The predicted molar refractivity (Wildman–Crippen MR) is 107 cm³/mol. The molecule has 3 aromatic heterocycles. The number of fused-ring (bicyclic) bond motifs is 3. The van der Waals surface area contributed by atoms with Gasteiger partial charge in [-0.25, -0.2) is 19.2 Å². The molecular formula is C21H18N6O2. The van der Waals surface area contributed by atoms with E-state index in [0.29, 0.717) is 23.8 Å². The largest absolute Gasteiger partial charge is 0.497 e. The molecule has 0 aliphatic heterocycles. The van der Waals surface area contributed by atoms with Crippen LogP contribution in [0.3, 0.4) is 0 Å². The number of hydrogen-bond donors (Lipinski definition) is 0. The normalized spacial score (nSPS) is 11.2. The molecule has 29 heavy (non-hydrogen) atoms. The zero-order valence-corrected chi connectivity index (χ0v) is 15.8. The van der Waals surface area contributed by atoms with Crippen LogP contribution < -0.4 is 9.47 Å². The average molecular weight is 386 g/mol. The van der Waals surface area contributed by atoms with E-state index >= 15 is 0 Å². The summed E-state index contributed by atoms with van der Waals surface area (Å²) in [6.45, 7) is 0.891. The molecule has 0 atom stereocenters. The molecule has 5 rings (SSSR count). The molecule has 0 unspecified atom stereocenters. The minimum atomic E-state index is 0.245. The van der Waals surface area contributed by atoms with E-state index in [-0.39, 0.29) is 6.61 Å². The van der Waals surface area contributed by atoms with Crippen molar-refractivity contribution < 1.29 is 9.47 Å². The second-order valence-electron chi connectivity index (χ2n) is 6.53. The van der Waals surface area contributed by atoms with Gasteiger partial charge in [-0.15, -0.1) is 5.10 Å². The van der Waals surface area contributed by atoms with Crippen molar-refractivity contribution in [1.29, 1.82) is 0 Å². The van der Waals surface area contributed by atoms with Crippen LogP contribution in [0, 0.1) is 0 Å². The minimum absolute atomic E-state index is 0.245. The van der Waals surface area contributed by atoms with Crippen molar-refractivity contribution in [3.05, 3.63) is 78.5 Å². The number of rotatable bonds is 6. The molecule has 8 nitrogen and oxygen atoms in total. The Bertz CT molecular complexity index is 1280. The molecule has 0 radical (unpaired) electrons. The standard InChI is InChI=1S/C21H18N6O2/c1-28-16-8-5-9-17(10-16)29-13-19-24-21-18-11-23-26(12-15-6-3-2-4-7-15)20(18)22-14-27(21)25-19/h2-11,14H,12-13H2,1H3. The van der Waals surface area contributed by atoms with Gasteiger partial charge in [0.2, 0.25) is 0 Å². The van der Waals surface area contributed by atoms with Gasteiger partial charge in [-0.2, -0.15) is 5.10 Å². The van der Waals surface area contributed by atoms with E-state index < -0.39 is 0 Å². The Balaban J connectivity index is 1.41. The summed E-state index contributed by atoms with van der Waals surface area (Å²) in [7, 11) is 1.62. The number of aromatic nitrogens is 6. The van der Waals surface area contributed by atoms with E-state index in [1.807, 2.05) is 47.1 Å². The first kappa shape index (κ1) is 17.2. The van der Waals surface area contributed by atoms with Gasteiger partial charge in [-0.05, 0) is 17.7 Å². The zero-order chi connectivity index (χ0) is 19.6. The van der Waals surface area contributed by atoms with Crippen molar-refractivity contribution in [2.45, 2.75) is 13.2 Å². The summed E-state index contributed by atoms with van der Waals surface area (Å²) in [6, 6.07) is 17.6. The molecule has 144 valence electrons. The van der Waals surface area contributed by atoms with E-state index in [0.717, 1.165) is 22.3 Å². The lowest BCUT2D eigenvalue weighted by molar-refractivity contribution is 0.294. The van der Waals surface area contributed by atoms with E-state index in [1.165, 1.54) is 0 Å². The van der Waals surface area contributed by atoms with Crippen LogP contribution in [0.25, 0.3) is 16.7 Å². The lowest BCUT2D eigenvalue weighted by atomic mass is 10.2. The molecule has 0 bridgehead atoms. The lowest BCUT2D eigenvalue weighted by Crippen LogP contribution is -2.03. The van der Waals surface area contributed by atoms with Crippen molar-refractivity contribution in [3.8, 4) is 11.5 Å². The fourth-order valence-electron chi connectivity index (χ4n) is 3.19. The highest BCUT2D eigenvalue weighted by Crippen LogP contribution is 2.21. The first-order valence-electron chi connectivity index (χ1n) is 9.17. The highest BCUT2D eigenvalue weighted by atomic mass is 16.5. The number of ether oxygens (including phenoxy) is 2. The molecule has 0 fully saturated rings. The van der Waals surface area contributed by atoms with Gasteiger partial charge in [0.25, 0.3) is 0 Å². The summed E-state index contributed by atoms with van der Waals surface area (Å²) in [5, 5.41) is 9.80. The van der Waals surface area contributed by atoms with Gasteiger partial charge in [0.05, 0.1) is 25.2 Å². The van der Waals surface area contributed by atoms with Crippen molar-refractivity contribution in [2.24, 2.45) is 0 Å². The Hall–Kier alpha value is -3.94. The average Bonchev–Trinajstić information content (AvgIpc) is 3.37. The molecule has 3 heterocycles. The van der Waals surface area contributed by atoms with Gasteiger partial charge in [0.15, 0.2) is 17.1 Å². The molecule has 0 saturated carbocycles. The third kappa shape index (κ3) is 3.36. The van der Waals surface area contributed by atoms with Gasteiger partial charge < -0.3 is 9.47 Å². The first-order valence-corrected chi connectivity index (χ1v) is 9.17. The van der Waals surface area contributed by atoms with Gasteiger partial charge >= 0.3 is 0 Å². The molecule has 5 aromatic rings. The molecule has 2 aromatic carbocycles. The maximum Gasteiger partial charge on any atom is 0.189 e. The van der Waals surface area contributed by atoms with E-state index in [9.17, 15) is 0 Å². The highest BCUT2D eigenvalue weighted by Gasteiger charge is 2.13. The van der Waals surface area contributed by atoms with E-state index in [4.69, 9.17) is 9.47 Å². The first-order chi connectivity index (χ1) is 14.3. The zero-order valence-electron chi connectivity index (χ0n) is 15.8. The summed E-state index contributed by atoms with van der Waals surface area (Å²) in [4.78, 5) is 9.14. The highest BCUT2D eigenvalue weighted by molar-refractivity contribution is 5.88. The van der Waals surface area contributed by atoms with E-state index in [1.54, 1.807) is 24.1 Å². The number of benzene rings is 2. The van der Waals surface area contributed by atoms with Gasteiger partial charge in [-0.1, -0.05) is 36.4 Å². The molecular weight excluding hydrogens is 368 g/mol. The smallest absolute Gasteiger partial charge is 0.189 e. The third-order valence-electron chi connectivity index (χ3n) is 4.60. The maximum absolute atomic E-state index is 5.80. The Kier molecular flexibility index (Phi) is 4.28. The SMILES string of the molecule is COc1cccc(OCc2nc3c4cnn(Cc5ccccc5)c4ncn3n2)c1. The Morgan fingerprint density at radius 2 is 1.83 bits per heavy atom. The predicted octanol–water partition coefficient (Wildman–Crippen LogP) is 3.11. The van der Waals surface area contributed by atoms with Crippen LogP contribution in [0.4, 0.5) is 0 Å². The van der Waals surface area contributed by atoms with Crippen LogP contribution in [-0.2, 0) is 13.2 Å². The monoisotopic (exact) mass is 386 g/mol. The molecule has 0 spiro atoms. The molecule has 0 N–H and O–H groups in total. The van der Waals surface area contributed by atoms with Crippen LogP contribution in [0.5, 0.6) is 11.5 Å². The minimum Gasteiger partial charge on any atom is -0.497 e. The number of hydrogen-bond acceptors (Lipinski definition) is 6. The molecule has 0 amide bonds. The molecule has 0 saturated heterocycles. The van der Waals surface area contributed by atoms with Crippen molar-refractivity contribution in [3.63, 3.8) is 0 Å². The lowest BCUT2D eigenvalue weighted by Gasteiger charge is -2.05. The Morgan fingerprint density at radius 3 is 2.69 bits per heavy atom.